The first-order chi connectivity index (χ1) is 72.7. The molecule has 3 aliphatic rings. The van der Waals surface area contributed by atoms with Gasteiger partial charge in [0, 0.05) is 16.2 Å². The minimum Gasteiger partial charge on any atom is -0.493 e. The van der Waals surface area contributed by atoms with Gasteiger partial charge in [-0.15, -0.1) is 0 Å². The van der Waals surface area contributed by atoms with Crippen LogP contribution in [-0.2, 0) is 65.6 Å². The molecule has 0 unspecified atom stereocenters. The summed E-state index contributed by atoms with van der Waals surface area (Å²) >= 11 is 0. The highest BCUT2D eigenvalue weighted by molar-refractivity contribution is 5.88. The number of unbranched alkanes of at least 4 members (excludes halogenated alkanes) is 21. The van der Waals surface area contributed by atoms with Crippen LogP contribution in [0.1, 0.15) is 411 Å². The fraction of sp³-hybridized carbons (Fsp3) is 0.396. The van der Waals surface area contributed by atoms with Crippen molar-refractivity contribution in [1.82, 2.24) is 0 Å². The molecule has 150 heavy (non-hydrogen) atoms. The monoisotopic (exact) mass is 1990 g/mol. The molecular weight excluding hydrogens is 1810 g/mol. The molecule has 1 heteroatoms. The minimum atomic E-state index is 0.0716. The second-order valence-corrected chi connectivity index (χ2v) is 47.1. The molecule has 0 aromatic heterocycles. The second-order valence-electron chi connectivity index (χ2n) is 47.1. The van der Waals surface area contributed by atoms with Crippen LogP contribution in [-0.4, -0.2) is 6.61 Å². The summed E-state index contributed by atoms with van der Waals surface area (Å²) in [4.78, 5) is 0. The SMILES string of the molecule is C=Cc1ccc(CCCCCCC2(CCCCCCc3ccc(C=C)cc3)c3cc(C)c(C(C)(C)C)cc3-c3cc(C(C)(C)C)c(C)cc32)cc1.C=Cc1ccc(CCCCCCC2(CCCCCCc3ccc(C=C)cc3)c3cc(C)ccc3-c3cc(-c4ccccc4)c(C)cc32)cc1.C=Cc1ccc(CCCCCCC2(CCCCCCc3ccc(C=C)cc3)c3cc(C)ccc3-c3cc(OCCCCCC)c(C)cc32)cc1. The molecule has 0 bridgehead atoms. The molecule has 0 aliphatic heterocycles. The number of hydrogen-bond acceptors (Lipinski definition) is 1. The number of benzene rings is 13. The Balaban J connectivity index is 0.000000177. The number of fused-ring (bicyclic) bond motifs is 9. The molecule has 0 spiro atoms. The first-order valence-electron chi connectivity index (χ1n) is 58.6. The van der Waals surface area contributed by atoms with E-state index in [-0.39, 0.29) is 27.1 Å². The van der Waals surface area contributed by atoms with Gasteiger partial charge in [0.05, 0.1) is 6.61 Å². The first-order valence-corrected chi connectivity index (χ1v) is 58.6. The Morgan fingerprint density at radius 2 is 0.480 bits per heavy atom. The summed E-state index contributed by atoms with van der Waals surface area (Å²) < 4.78 is 6.46. The Morgan fingerprint density at radius 1 is 0.227 bits per heavy atom. The van der Waals surface area contributed by atoms with Crippen molar-refractivity contribution in [3.05, 3.63) is 445 Å². The highest BCUT2D eigenvalue weighted by atomic mass is 16.5. The highest BCUT2D eigenvalue weighted by Gasteiger charge is 2.47. The molecule has 0 heterocycles. The molecular formula is C149H182O. The van der Waals surface area contributed by atoms with Crippen LogP contribution in [0, 0.1) is 41.5 Å². The Kier molecular flexibility index (Phi) is 42.0. The number of hydrogen-bond donors (Lipinski definition) is 0. The van der Waals surface area contributed by atoms with Gasteiger partial charge in [-0.05, 0) is 365 Å². The van der Waals surface area contributed by atoms with Crippen molar-refractivity contribution < 1.29 is 4.74 Å². The van der Waals surface area contributed by atoms with Gasteiger partial charge in [-0.3, -0.25) is 0 Å². The van der Waals surface area contributed by atoms with Gasteiger partial charge in [0.15, 0.2) is 0 Å². The maximum atomic E-state index is 6.46. The molecule has 16 rings (SSSR count). The molecule has 784 valence electrons. The van der Waals surface area contributed by atoms with Gasteiger partial charge < -0.3 is 4.74 Å². The van der Waals surface area contributed by atoms with E-state index < -0.39 is 0 Å². The van der Waals surface area contributed by atoms with E-state index in [1.165, 1.54) is 368 Å². The van der Waals surface area contributed by atoms with E-state index in [4.69, 9.17) is 4.74 Å². The van der Waals surface area contributed by atoms with Gasteiger partial charge >= 0.3 is 0 Å². The molecule has 0 atom stereocenters. The van der Waals surface area contributed by atoms with Crippen LogP contribution in [0.4, 0.5) is 0 Å². The lowest BCUT2D eigenvalue weighted by molar-refractivity contribution is 0.303. The topological polar surface area (TPSA) is 9.23 Å². The van der Waals surface area contributed by atoms with Crippen molar-refractivity contribution in [2.75, 3.05) is 6.61 Å². The number of aryl methyl sites for hydroxylation is 12. The maximum Gasteiger partial charge on any atom is 0.122 e. The molecule has 0 saturated heterocycles. The average molecular weight is 1990 g/mol. The first kappa shape index (κ1) is 114. The van der Waals surface area contributed by atoms with E-state index in [1.54, 1.807) is 33.4 Å². The van der Waals surface area contributed by atoms with Gasteiger partial charge in [-0.25, -0.2) is 0 Å². The third-order valence-electron chi connectivity index (χ3n) is 33.9. The molecule has 13 aromatic carbocycles. The lowest BCUT2D eigenvalue weighted by atomic mass is 9.69. The van der Waals surface area contributed by atoms with Crippen molar-refractivity contribution in [1.29, 1.82) is 0 Å². The lowest BCUT2D eigenvalue weighted by Crippen LogP contribution is -2.26. The van der Waals surface area contributed by atoms with E-state index in [2.05, 4.69) is 390 Å². The van der Waals surface area contributed by atoms with E-state index in [9.17, 15) is 0 Å². The van der Waals surface area contributed by atoms with Crippen LogP contribution in [0.2, 0.25) is 0 Å². The van der Waals surface area contributed by atoms with Crippen molar-refractivity contribution in [3.8, 4) is 50.3 Å². The molecule has 1 nitrogen and oxygen atoms in total. The van der Waals surface area contributed by atoms with Gasteiger partial charge in [-0.1, -0.05) is 519 Å². The summed E-state index contributed by atoms with van der Waals surface area (Å²) in [6.45, 7) is 54.6. The molecule has 0 radical (unpaired) electrons. The normalized spacial score (nSPS) is 13.0. The van der Waals surface area contributed by atoms with Crippen LogP contribution >= 0.6 is 0 Å². The smallest absolute Gasteiger partial charge is 0.122 e. The maximum absolute atomic E-state index is 6.46. The fourth-order valence-electron chi connectivity index (χ4n) is 25.3. The van der Waals surface area contributed by atoms with E-state index in [0.29, 0.717) is 0 Å². The zero-order chi connectivity index (χ0) is 106. The Hall–Kier alpha value is -11.9. The van der Waals surface area contributed by atoms with Crippen molar-refractivity contribution in [2.45, 2.75) is 374 Å². The Morgan fingerprint density at radius 3 is 0.760 bits per heavy atom. The van der Waals surface area contributed by atoms with E-state index in [1.807, 2.05) is 36.5 Å². The summed E-state index contributed by atoms with van der Waals surface area (Å²) in [5, 5.41) is 0. The Bertz CT molecular complexity index is 6280. The highest BCUT2D eigenvalue weighted by Crippen LogP contribution is 2.60. The van der Waals surface area contributed by atoms with Crippen LogP contribution in [0.3, 0.4) is 0 Å². The fourth-order valence-corrected chi connectivity index (χ4v) is 25.3. The van der Waals surface area contributed by atoms with E-state index in [0.717, 1.165) is 57.3 Å². The van der Waals surface area contributed by atoms with Crippen LogP contribution in [0.25, 0.3) is 81.0 Å². The van der Waals surface area contributed by atoms with Gasteiger partial charge in [-0.2, -0.15) is 0 Å². The molecule has 0 fully saturated rings. The predicted octanol–water partition coefficient (Wildman–Crippen LogP) is 42.9. The summed E-state index contributed by atoms with van der Waals surface area (Å²) in [6.07, 6.45) is 61.4. The van der Waals surface area contributed by atoms with Gasteiger partial charge in [0.1, 0.15) is 5.75 Å². The molecule has 0 N–H and O–H groups in total. The molecule has 3 aliphatic carbocycles. The van der Waals surface area contributed by atoms with Crippen LogP contribution in [0.5, 0.6) is 5.75 Å². The minimum absolute atomic E-state index is 0.0716. The third-order valence-corrected chi connectivity index (χ3v) is 33.9. The summed E-state index contributed by atoms with van der Waals surface area (Å²) in [5.41, 5.74) is 48.6. The largest absolute Gasteiger partial charge is 0.493 e. The quantitative estimate of drug-likeness (QED) is 0.0345. The van der Waals surface area contributed by atoms with E-state index >= 15 is 0 Å². The molecule has 0 amide bonds. The zero-order valence-corrected chi connectivity index (χ0v) is 94.9. The lowest BCUT2D eigenvalue weighted by Gasteiger charge is -2.34. The van der Waals surface area contributed by atoms with Gasteiger partial charge in [0.2, 0.25) is 0 Å². The van der Waals surface area contributed by atoms with Crippen LogP contribution < -0.4 is 4.74 Å². The number of rotatable bonds is 55. The number of ether oxygens (including phenoxy) is 1. The predicted molar refractivity (Wildman–Crippen MR) is 659 cm³/mol. The summed E-state index contributed by atoms with van der Waals surface area (Å²) in [7, 11) is 0. The van der Waals surface area contributed by atoms with Crippen molar-refractivity contribution in [2.24, 2.45) is 0 Å². The Labute approximate surface area is 910 Å². The van der Waals surface area contributed by atoms with Crippen molar-refractivity contribution >= 4 is 36.5 Å². The average Bonchev–Trinajstić information content (AvgIpc) is 1.55. The van der Waals surface area contributed by atoms with Gasteiger partial charge in [0.25, 0.3) is 0 Å². The summed E-state index contributed by atoms with van der Waals surface area (Å²) in [6, 6.07) is 99.5. The second kappa shape index (κ2) is 55.4. The standard InChI is InChI=1S/C51H66.C49H62O.C49H54/c1-11-39-23-27-41(28-24-39)21-17-13-15-19-31-51(32-20-16-14-18-22-42-29-25-40(12-2)26-30-42)47-33-37(3)45(49(5,6)7)35-43(47)44-36-46(50(8,9)10)38(4)34-48(44)51;1-6-9-10-19-34-50-48-37-45-44-31-22-38(4)35-46(44)49(47(45)36-39(48)5,32-17-13-11-15-20-42-27-23-40(7-2)24-28-42)33-18-14-12-16-21-43-29-25-41(8-3)26-30-43;1-5-39-23-27-41(28-24-39)18-12-7-9-16-32-49(33-17-10-8-13-19-42-29-25-40(6-2)26-30-42)47-34-37(3)22-31-44(47)46-36-45(38(4)35-48(46)49)43-20-14-11-15-21-43/h11-12,23-30,33-36H,1-2,13-22,31-32H2,3-10H3;7-8,22-31,35-37H,2-3,6,9-21,32-34H2,1,4-5H3;5-6,11,14-15,20-31,34-36H,1-2,7-10,12-13,16-19,32-33H2,3-4H3. The molecule has 0 saturated carbocycles. The third kappa shape index (κ3) is 29.7. The zero-order valence-electron chi connectivity index (χ0n) is 94.9. The van der Waals surface area contributed by atoms with Crippen molar-refractivity contribution in [3.63, 3.8) is 0 Å². The van der Waals surface area contributed by atoms with Crippen LogP contribution in [0.15, 0.2) is 300 Å². The molecule has 13 aromatic rings. The summed E-state index contributed by atoms with van der Waals surface area (Å²) in [5.74, 6) is 1.07.